The third-order valence-corrected chi connectivity index (χ3v) is 7.07. The van der Waals surface area contributed by atoms with Crippen molar-refractivity contribution in [3.63, 3.8) is 0 Å². The van der Waals surface area contributed by atoms with Gasteiger partial charge in [-0.2, -0.15) is 4.72 Å². The second kappa shape index (κ2) is 9.11. The summed E-state index contributed by atoms with van der Waals surface area (Å²) in [6.45, 7) is -0.127. The summed E-state index contributed by atoms with van der Waals surface area (Å²) in [7, 11) is -4.09. The van der Waals surface area contributed by atoms with Gasteiger partial charge in [0.05, 0.1) is 27.9 Å². The molecule has 0 amide bonds. The van der Waals surface area contributed by atoms with Crippen LogP contribution in [-0.4, -0.2) is 32.1 Å². The molecule has 0 aliphatic carbocycles. The van der Waals surface area contributed by atoms with Gasteiger partial charge in [-0.25, -0.2) is 8.42 Å². The molecule has 160 valence electrons. The van der Waals surface area contributed by atoms with Gasteiger partial charge in [-0.1, -0.05) is 54.2 Å². The maximum absolute atomic E-state index is 12.8. The molecule has 4 rings (SSSR count). The molecule has 1 atom stereocenters. The Morgan fingerprint density at radius 2 is 1.71 bits per heavy atom. The lowest BCUT2D eigenvalue weighted by Gasteiger charge is -2.20. The van der Waals surface area contributed by atoms with Crippen LogP contribution in [0.3, 0.4) is 0 Å². The molecule has 0 unspecified atom stereocenters. The van der Waals surface area contributed by atoms with Crippen LogP contribution in [0.2, 0.25) is 0 Å². The molecule has 31 heavy (non-hydrogen) atoms. The summed E-state index contributed by atoms with van der Waals surface area (Å²) < 4.78 is 39.1. The zero-order valence-electron chi connectivity index (χ0n) is 16.2. The van der Waals surface area contributed by atoms with Gasteiger partial charge in [-0.15, -0.1) is 0 Å². The topological polar surface area (TPSA) is 102 Å². The van der Waals surface area contributed by atoms with E-state index in [2.05, 4.69) is 4.72 Å². The summed E-state index contributed by atoms with van der Waals surface area (Å²) in [5, 5.41) is 9.45. The number of hydrogen-bond donors (Lipinski definition) is 2. The first-order valence-electron chi connectivity index (χ1n) is 9.38. The highest BCUT2D eigenvalue weighted by Gasteiger charge is 2.27. The number of carboxylic acid groups (broad SMARTS) is 1. The van der Waals surface area contributed by atoms with Crippen LogP contribution in [-0.2, 0) is 26.2 Å². The van der Waals surface area contributed by atoms with E-state index in [9.17, 15) is 18.3 Å². The van der Waals surface area contributed by atoms with Gasteiger partial charge >= 0.3 is 5.97 Å². The van der Waals surface area contributed by atoms with Crippen molar-refractivity contribution in [3.8, 4) is 11.5 Å². The molecule has 0 spiro atoms. The molecular weight excluding hydrogens is 438 g/mol. The second-order valence-electron chi connectivity index (χ2n) is 6.77. The smallest absolute Gasteiger partial charge is 0.324 e. The molecule has 3 aromatic carbocycles. The third-order valence-electron chi connectivity index (χ3n) is 4.51. The Bertz CT molecular complexity index is 1200. The predicted molar refractivity (Wildman–Crippen MR) is 115 cm³/mol. The van der Waals surface area contributed by atoms with Gasteiger partial charge < -0.3 is 14.6 Å². The molecule has 0 bridgehead atoms. The maximum atomic E-state index is 12.8. The van der Waals surface area contributed by atoms with Gasteiger partial charge in [0.25, 0.3) is 0 Å². The highest BCUT2D eigenvalue weighted by molar-refractivity contribution is 7.99. The minimum Gasteiger partial charge on any atom is -0.480 e. The Kier molecular flexibility index (Phi) is 6.28. The van der Waals surface area contributed by atoms with E-state index in [4.69, 9.17) is 9.47 Å². The van der Waals surface area contributed by atoms with Crippen molar-refractivity contribution < 1.29 is 27.8 Å². The zero-order valence-corrected chi connectivity index (χ0v) is 17.9. The molecule has 0 saturated carbocycles. The summed E-state index contributed by atoms with van der Waals surface area (Å²) in [6, 6.07) is 19.7. The fraction of sp³-hybridized carbons (Fsp3) is 0.136. The fourth-order valence-electron chi connectivity index (χ4n) is 2.96. The van der Waals surface area contributed by atoms with Gasteiger partial charge in [-0.3, -0.25) is 4.79 Å². The standard InChI is InChI=1S/C22H19NO6S2/c24-22(25)17(14-28-13-15-6-2-1-3-7-15)23-31(26,27)16-10-11-19-21(12-16)30-20-9-5-4-8-18(20)29-19/h1-12,17,23H,13-14H2,(H,24,25)/t17-/m0/s1. The summed E-state index contributed by atoms with van der Waals surface area (Å²) in [4.78, 5) is 13.0. The number of aliphatic carboxylic acids is 1. The number of ether oxygens (including phenoxy) is 2. The number of hydrogen-bond acceptors (Lipinski definition) is 6. The summed E-state index contributed by atoms with van der Waals surface area (Å²) in [5.41, 5.74) is 0.862. The van der Waals surface area contributed by atoms with E-state index in [-0.39, 0.29) is 18.1 Å². The number of sulfonamides is 1. The Morgan fingerprint density at radius 1 is 1.00 bits per heavy atom. The van der Waals surface area contributed by atoms with Crippen LogP contribution in [0, 0.1) is 0 Å². The van der Waals surface area contributed by atoms with E-state index in [0.29, 0.717) is 16.4 Å². The monoisotopic (exact) mass is 457 g/mol. The van der Waals surface area contributed by atoms with Gasteiger partial charge in [0.2, 0.25) is 10.0 Å². The number of benzene rings is 3. The van der Waals surface area contributed by atoms with Gasteiger partial charge in [0.1, 0.15) is 17.5 Å². The summed E-state index contributed by atoms with van der Waals surface area (Å²) in [5.74, 6) is -0.0694. The Morgan fingerprint density at radius 3 is 2.48 bits per heavy atom. The van der Waals surface area contributed by atoms with Crippen molar-refractivity contribution in [1.29, 1.82) is 0 Å². The molecule has 3 aromatic rings. The molecule has 0 saturated heterocycles. The summed E-state index contributed by atoms with van der Waals surface area (Å²) in [6.07, 6.45) is 0. The fourth-order valence-corrected chi connectivity index (χ4v) is 5.22. The number of carbonyl (C=O) groups is 1. The first kappa shape index (κ1) is 21.4. The Hall–Kier alpha value is -2.85. The first-order chi connectivity index (χ1) is 14.9. The molecule has 1 aliphatic rings. The maximum Gasteiger partial charge on any atom is 0.324 e. The molecule has 0 aromatic heterocycles. The van der Waals surface area contributed by atoms with Gasteiger partial charge in [0.15, 0.2) is 0 Å². The molecule has 1 aliphatic heterocycles. The zero-order chi connectivity index (χ0) is 21.8. The summed E-state index contributed by atoms with van der Waals surface area (Å²) >= 11 is 1.39. The average molecular weight is 458 g/mol. The molecule has 9 heteroatoms. The minimum absolute atomic E-state index is 0.0453. The Balaban J connectivity index is 1.46. The molecule has 0 fully saturated rings. The van der Waals surface area contributed by atoms with Crippen LogP contribution >= 0.6 is 11.8 Å². The number of carboxylic acids is 1. The molecule has 2 N–H and O–H groups in total. The second-order valence-corrected chi connectivity index (χ2v) is 9.57. The number of fused-ring (bicyclic) bond motifs is 2. The molecular formula is C22H19NO6S2. The van der Waals surface area contributed by atoms with Crippen molar-refractivity contribution >= 4 is 27.8 Å². The van der Waals surface area contributed by atoms with E-state index in [0.717, 1.165) is 10.5 Å². The molecule has 1 heterocycles. The normalized spacial score (nSPS) is 13.5. The number of para-hydroxylation sites is 1. The lowest BCUT2D eigenvalue weighted by Crippen LogP contribution is -2.43. The van der Waals surface area contributed by atoms with Crippen molar-refractivity contribution in [2.75, 3.05) is 6.61 Å². The van der Waals surface area contributed by atoms with E-state index in [1.54, 1.807) is 6.07 Å². The van der Waals surface area contributed by atoms with Crippen LogP contribution in [0.4, 0.5) is 0 Å². The van der Waals surface area contributed by atoms with E-state index in [1.165, 1.54) is 23.9 Å². The van der Waals surface area contributed by atoms with Crippen molar-refractivity contribution in [2.45, 2.75) is 27.3 Å². The van der Waals surface area contributed by atoms with Crippen LogP contribution in [0.25, 0.3) is 0 Å². The van der Waals surface area contributed by atoms with E-state index < -0.39 is 22.0 Å². The van der Waals surface area contributed by atoms with Crippen LogP contribution in [0.1, 0.15) is 5.56 Å². The van der Waals surface area contributed by atoms with Gasteiger partial charge in [-0.05, 0) is 35.9 Å². The lowest BCUT2D eigenvalue weighted by atomic mass is 10.2. The van der Waals surface area contributed by atoms with Crippen molar-refractivity contribution in [2.24, 2.45) is 0 Å². The number of nitrogens with one attached hydrogen (secondary N) is 1. The highest BCUT2D eigenvalue weighted by atomic mass is 32.2. The van der Waals surface area contributed by atoms with Crippen molar-refractivity contribution in [3.05, 3.63) is 78.4 Å². The lowest BCUT2D eigenvalue weighted by molar-refractivity contribution is -0.140. The average Bonchev–Trinajstić information content (AvgIpc) is 2.77. The van der Waals surface area contributed by atoms with Crippen LogP contribution in [0.15, 0.2) is 87.5 Å². The third kappa shape index (κ3) is 5.08. The van der Waals surface area contributed by atoms with Crippen LogP contribution < -0.4 is 9.46 Å². The number of rotatable bonds is 8. The van der Waals surface area contributed by atoms with Crippen LogP contribution in [0.5, 0.6) is 11.5 Å². The predicted octanol–water partition coefficient (Wildman–Crippen LogP) is 3.89. The first-order valence-corrected chi connectivity index (χ1v) is 11.7. The molecule has 0 radical (unpaired) electrons. The Labute approximate surface area is 184 Å². The molecule has 7 nitrogen and oxygen atoms in total. The largest absolute Gasteiger partial charge is 0.480 e. The SMILES string of the molecule is O=C(O)[C@H](COCc1ccccc1)NS(=O)(=O)c1ccc2c(c1)Sc1ccccc1O2. The van der Waals surface area contributed by atoms with E-state index >= 15 is 0 Å². The highest BCUT2D eigenvalue weighted by Crippen LogP contribution is 2.47. The van der Waals surface area contributed by atoms with Gasteiger partial charge in [0, 0.05) is 0 Å². The van der Waals surface area contributed by atoms with Crippen molar-refractivity contribution in [1.82, 2.24) is 4.72 Å². The quantitative estimate of drug-likeness (QED) is 0.414. The van der Waals surface area contributed by atoms with E-state index in [1.807, 2.05) is 54.6 Å². The minimum atomic E-state index is -4.09.